The van der Waals surface area contributed by atoms with E-state index in [0.717, 1.165) is 37.4 Å². The zero-order valence-corrected chi connectivity index (χ0v) is 14.4. The van der Waals surface area contributed by atoms with Gasteiger partial charge in [-0.1, -0.05) is 20.3 Å². The summed E-state index contributed by atoms with van der Waals surface area (Å²) in [6.45, 7) is 6.89. The second-order valence-electron chi connectivity index (χ2n) is 6.11. The van der Waals surface area contributed by atoms with Crippen LogP contribution in [0.25, 0.3) is 0 Å². The molecule has 1 aliphatic rings. The van der Waals surface area contributed by atoms with E-state index >= 15 is 0 Å². The highest BCUT2D eigenvalue weighted by Gasteiger charge is 2.48. The van der Waals surface area contributed by atoms with Crippen LogP contribution in [0.2, 0.25) is 0 Å². The predicted molar refractivity (Wildman–Crippen MR) is 87.2 cm³/mol. The zero-order valence-electron chi connectivity index (χ0n) is 13.5. The van der Waals surface area contributed by atoms with Gasteiger partial charge in [-0.25, -0.2) is 0 Å². The van der Waals surface area contributed by atoms with Crippen molar-refractivity contribution in [2.75, 3.05) is 25.2 Å². The van der Waals surface area contributed by atoms with E-state index in [1.54, 1.807) is 0 Å². The Labute approximate surface area is 128 Å². The molecule has 1 fully saturated rings. The Morgan fingerprint density at radius 2 is 2.20 bits per heavy atom. The third-order valence-corrected chi connectivity index (χ3v) is 5.41. The number of carbonyl (C=O) groups excluding carboxylic acids is 1. The van der Waals surface area contributed by atoms with E-state index in [2.05, 4.69) is 19.2 Å². The molecule has 20 heavy (non-hydrogen) atoms. The van der Waals surface area contributed by atoms with Crippen molar-refractivity contribution in [2.45, 2.75) is 58.4 Å². The number of likely N-dealkylation sites (N-methyl/N-ethyl adjacent to an activating group) is 1. The van der Waals surface area contributed by atoms with Crippen molar-refractivity contribution in [1.29, 1.82) is 0 Å². The monoisotopic (exact) mass is 301 g/mol. The first-order valence-electron chi connectivity index (χ1n) is 8.00. The number of carbonyl (C=O) groups is 1. The van der Waals surface area contributed by atoms with Gasteiger partial charge in [-0.3, -0.25) is 4.79 Å². The molecular weight excluding hydrogens is 270 g/mol. The normalized spacial score (nSPS) is 26.1. The largest absolute Gasteiger partial charge is 0.465 e. The Morgan fingerprint density at radius 3 is 2.80 bits per heavy atom. The standard InChI is InChI=1S/C16H31NO2S/c1-5-19-15(18)16(17-4)10-6-7-14(16)9-12-20-11-8-13(2)3/h13-14,17H,5-12H2,1-4H3. The molecule has 0 aromatic rings. The Balaban J connectivity index is 2.44. The van der Waals surface area contributed by atoms with Crippen molar-refractivity contribution in [1.82, 2.24) is 5.32 Å². The van der Waals surface area contributed by atoms with Gasteiger partial charge in [-0.2, -0.15) is 11.8 Å². The maximum atomic E-state index is 12.3. The van der Waals surface area contributed by atoms with Gasteiger partial charge in [-0.05, 0) is 63.0 Å². The maximum absolute atomic E-state index is 12.3. The third-order valence-electron chi connectivity index (χ3n) is 4.36. The van der Waals surface area contributed by atoms with Gasteiger partial charge < -0.3 is 10.1 Å². The second-order valence-corrected chi connectivity index (χ2v) is 7.34. The molecule has 1 rings (SSSR count). The zero-order chi connectivity index (χ0) is 15.0. The average molecular weight is 301 g/mol. The Kier molecular flexibility index (Phi) is 7.96. The summed E-state index contributed by atoms with van der Waals surface area (Å²) in [5.41, 5.74) is -0.422. The average Bonchev–Trinajstić information content (AvgIpc) is 2.82. The number of hydrogen-bond donors (Lipinski definition) is 1. The molecule has 1 N–H and O–H groups in total. The molecule has 1 aliphatic carbocycles. The Bertz CT molecular complexity index is 296. The highest BCUT2D eigenvalue weighted by atomic mass is 32.2. The Morgan fingerprint density at radius 1 is 1.45 bits per heavy atom. The molecule has 0 heterocycles. The van der Waals surface area contributed by atoms with Crippen molar-refractivity contribution in [3.8, 4) is 0 Å². The summed E-state index contributed by atoms with van der Waals surface area (Å²) in [7, 11) is 1.90. The lowest BCUT2D eigenvalue weighted by Crippen LogP contribution is -2.54. The third kappa shape index (κ3) is 4.66. The van der Waals surface area contributed by atoms with Gasteiger partial charge in [0.1, 0.15) is 5.54 Å². The van der Waals surface area contributed by atoms with Gasteiger partial charge >= 0.3 is 5.97 Å². The molecule has 3 nitrogen and oxygen atoms in total. The molecule has 0 aromatic carbocycles. The van der Waals surface area contributed by atoms with E-state index in [9.17, 15) is 4.79 Å². The molecule has 2 atom stereocenters. The van der Waals surface area contributed by atoms with Gasteiger partial charge in [-0.15, -0.1) is 0 Å². The minimum absolute atomic E-state index is 0.0443. The highest BCUT2D eigenvalue weighted by Crippen LogP contribution is 2.39. The number of esters is 1. The molecule has 1 saturated carbocycles. The summed E-state index contributed by atoms with van der Waals surface area (Å²) in [5.74, 6) is 3.55. The first-order chi connectivity index (χ1) is 9.56. The Hall–Kier alpha value is -0.220. The van der Waals surface area contributed by atoms with Crippen molar-refractivity contribution in [3.05, 3.63) is 0 Å². The quantitative estimate of drug-likeness (QED) is 0.523. The van der Waals surface area contributed by atoms with E-state index in [0.29, 0.717) is 12.5 Å². The number of ether oxygens (including phenoxy) is 1. The topological polar surface area (TPSA) is 38.3 Å². The lowest BCUT2D eigenvalue weighted by molar-refractivity contribution is -0.152. The highest BCUT2D eigenvalue weighted by molar-refractivity contribution is 7.99. The lowest BCUT2D eigenvalue weighted by Gasteiger charge is -2.32. The number of nitrogens with one attached hydrogen (secondary N) is 1. The number of thioether (sulfide) groups is 1. The van der Waals surface area contributed by atoms with E-state index in [1.165, 1.54) is 12.2 Å². The first kappa shape index (κ1) is 17.8. The molecule has 0 aliphatic heterocycles. The molecular formula is C16H31NO2S. The van der Waals surface area contributed by atoms with Crippen LogP contribution in [-0.2, 0) is 9.53 Å². The van der Waals surface area contributed by atoms with Crippen molar-refractivity contribution < 1.29 is 9.53 Å². The van der Waals surface area contributed by atoms with Gasteiger partial charge in [0.25, 0.3) is 0 Å². The van der Waals surface area contributed by atoms with Crippen LogP contribution in [0.3, 0.4) is 0 Å². The van der Waals surface area contributed by atoms with Crippen molar-refractivity contribution in [3.63, 3.8) is 0 Å². The summed E-state index contributed by atoms with van der Waals surface area (Å²) in [6.07, 6.45) is 5.59. The van der Waals surface area contributed by atoms with E-state index < -0.39 is 5.54 Å². The predicted octanol–water partition coefficient (Wildman–Crippen LogP) is 3.48. The maximum Gasteiger partial charge on any atom is 0.326 e. The minimum atomic E-state index is -0.422. The van der Waals surface area contributed by atoms with Crippen LogP contribution in [-0.4, -0.2) is 36.7 Å². The van der Waals surface area contributed by atoms with E-state index in [4.69, 9.17) is 4.74 Å². The SMILES string of the molecule is CCOC(=O)C1(NC)CCCC1CCSCCC(C)C. The lowest BCUT2D eigenvalue weighted by atomic mass is 9.85. The van der Waals surface area contributed by atoms with E-state index in [1.807, 2.05) is 25.7 Å². The fraction of sp³-hybridized carbons (Fsp3) is 0.938. The molecule has 118 valence electrons. The summed E-state index contributed by atoms with van der Waals surface area (Å²) in [5, 5.41) is 3.29. The summed E-state index contributed by atoms with van der Waals surface area (Å²) >= 11 is 2.02. The van der Waals surface area contributed by atoms with E-state index in [-0.39, 0.29) is 5.97 Å². The van der Waals surface area contributed by atoms with Crippen molar-refractivity contribution >= 4 is 17.7 Å². The molecule has 0 amide bonds. The van der Waals surface area contributed by atoms with Gasteiger partial charge in [0, 0.05) is 0 Å². The first-order valence-corrected chi connectivity index (χ1v) is 9.16. The fourth-order valence-corrected chi connectivity index (χ4v) is 4.37. The summed E-state index contributed by atoms with van der Waals surface area (Å²) in [6, 6.07) is 0. The molecule has 0 bridgehead atoms. The number of rotatable bonds is 9. The van der Waals surface area contributed by atoms with Crippen molar-refractivity contribution in [2.24, 2.45) is 11.8 Å². The smallest absolute Gasteiger partial charge is 0.326 e. The van der Waals surface area contributed by atoms with Crippen LogP contribution in [0.4, 0.5) is 0 Å². The van der Waals surface area contributed by atoms with Crippen LogP contribution in [0.15, 0.2) is 0 Å². The number of hydrogen-bond acceptors (Lipinski definition) is 4. The molecule has 0 saturated heterocycles. The molecule has 4 heteroatoms. The minimum Gasteiger partial charge on any atom is -0.465 e. The fourth-order valence-electron chi connectivity index (χ4n) is 3.08. The molecule has 2 unspecified atom stereocenters. The van der Waals surface area contributed by atoms with Crippen LogP contribution in [0, 0.1) is 11.8 Å². The van der Waals surface area contributed by atoms with Crippen LogP contribution >= 0.6 is 11.8 Å². The van der Waals surface area contributed by atoms with Crippen LogP contribution < -0.4 is 5.32 Å². The van der Waals surface area contributed by atoms with Gasteiger partial charge in [0.15, 0.2) is 0 Å². The van der Waals surface area contributed by atoms with Crippen LogP contribution in [0.5, 0.6) is 0 Å². The summed E-state index contributed by atoms with van der Waals surface area (Å²) < 4.78 is 5.30. The summed E-state index contributed by atoms with van der Waals surface area (Å²) in [4.78, 5) is 12.3. The van der Waals surface area contributed by atoms with Gasteiger partial charge in [0.05, 0.1) is 6.61 Å². The molecule has 0 aromatic heterocycles. The van der Waals surface area contributed by atoms with Gasteiger partial charge in [0.2, 0.25) is 0 Å². The van der Waals surface area contributed by atoms with Crippen LogP contribution in [0.1, 0.15) is 52.9 Å². The molecule has 0 radical (unpaired) electrons. The molecule has 0 spiro atoms. The second kappa shape index (κ2) is 8.93.